The van der Waals surface area contributed by atoms with Crippen molar-refractivity contribution in [1.82, 2.24) is 41.7 Å². The minimum absolute atomic E-state index is 0. The van der Waals surface area contributed by atoms with Crippen LogP contribution in [0.4, 0.5) is 0 Å². The maximum absolute atomic E-state index is 12.1. The molecule has 6 fully saturated rings. The summed E-state index contributed by atoms with van der Waals surface area (Å²) in [5, 5.41) is 16.0. The number of thiol groups is 7. The van der Waals surface area contributed by atoms with Gasteiger partial charge in [-0.15, -0.1) is 0 Å². The van der Waals surface area contributed by atoms with Crippen molar-refractivity contribution in [2.75, 3.05) is 112 Å². The third-order valence-electron chi connectivity index (χ3n) is 20.1. The lowest BCUT2D eigenvalue weighted by atomic mass is 9.88. The number of Topliss-reactive ketones (excluding diaryl/α,β-unsaturated/α-hetero) is 1. The van der Waals surface area contributed by atoms with Crippen LogP contribution >= 0.6 is 100 Å². The van der Waals surface area contributed by atoms with Crippen LogP contribution in [0.3, 0.4) is 0 Å². The van der Waals surface area contributed by atoms with Gasteiger partial charge in [0.2, 0.25) is 76.7 Å². The number of amides is 8. The topological polar surface area (TPSA) is 371 Å². The number of piperazine rings is 3. The fourth-order valence-corrected chi connectivity index (χ4v) is 16.2. The molecule has 12 rings (SSSR count). The van der Waals surface area contributed by atoms with Crippen LogP contribution in [0, 0.1) is 17.8 Å². The van der Waals surface area contributed by atoms with E-state index >= 15 is 0 Å². The van der Waals surface area contributed by atoms with Crippen molar-refractivity contribution >= 4 is 189 Å². The quantitative estimate of drug-likeness (QED) is 0.0434. The molecule has 0 aliphatic carbocycles. The van der Waals surface area contributed by atoms with Crippen LogP contribution in [-0.4, -0.2) is 294 Å². The molecule has 0 saturated carbocycles. The number of benzene rings is 2. The highest BCUT2D eigenvalue weighted by Gasteiger charge is 2.44. The Morgan fingerprint density at radius 3 is 1.29 bits per heavy atom. The first-order valence-corrected chi connectivity index (χ1v) is 48.3. The van der Waals surface area contributed by atoms with Crippen molar-refractivity contribution in [3.8, 4) is 0 Å². The van der Waals surface area contributed by atoms with E-state index in [0.717, 1.165) is 80.5 Å². The molecule has 0 unspecified atom stereocenters. The summed E-state index contributed by atoms with van der Waals surface area (Å²) in [4.78, 5) is 135. The Kier molecular flexibility index (Phi) is 64.7. The highest BCUT2D eigenvalue weighted by molar-refractivity contribution is 7.98. The molecule has 6 N–H and O–H groups in total. The molecule has 0 bridgehead atoms. The lowest BCUT2D eigenvalue weighted by molar-refractivity contribution is -0.146. The van der Waals surface area contributed by atoms with E-state index in [-0.39, 0.29) is 170 Å². The average molecular weight is 1960 g/mol. The van der Waals surface area contributed by atoms with Crippen molar-refractivity contribution in [3.63, 3.8) is 0 Å². The van der Waals surface area contributed by atoms with E-state index in [1.165, 1.54) is 5.56 Å². The number of piperidine rings is 1. The van der Waals surface area contributed by atoms with Crippen LogP contribution in [0.1, 0.15) is 184 Å². The molecule has 10 aliphatic rings. The highest BCUT2D eigenvalue weighted by atomic mass is 32.2. The molecule has 129 heavy (non-hydrogen) atoms. The second-order valence-corrected chi connectivity index (χ2v) is 33.2. The molecule has 2 aromatic rings. The Labute approximate surface area is 813 Å². The number of carbonyl (C=O) groups is 9. The summed E-state index contributed by atoms with van der Waals surface area (Å²) in [5.74, 6) is 9.28. The lowest BCUT2D eigenvalue weighted by Gasteiger charge is -2.33. The predicted molar refractivity (Wildman–Crippen MR) is 552 cm³/mol. The van der Waals surface area contributed by atoms with Crippen LogP contribution in [0.5, 0.6) is 0 Å². The van der Waals surface area contributed by atoms with Gasteiger partial charge in [0, 0.05) is 84.8 Å². The molecule has 2 aromatic carbocycles. The van der Waals surface area contributed by atoms with Gasteiger partial charge in [-0.2, -0.15) is 100 Å². The SMILES string of the molecule is C.C.C.C.C.C.CC(C)[C@H]1NC(=O)[C@H](CS)CC1=O.CCOC1=CCC(OCC)=N[C@H]1CS.CCOC1=N[C@@H](CSC)C(=O)N2CCC[C@H]12.CCOC1=N[C@H](C(C)C)C(OCC)=N[C@H]1CS.CCOC1=N[C@H](Cc2ccccc2)C(OCC)=N[C@H]1CS.CC[C@H]1NC(=O)[C@H](CS)NC1=O.O=C1N[C@@H](CS)C(=O)N2CCC[C@H]12.O=C1N[C@H](Cc2ccccc2)C(=O)N[C@H]1CS. The number of nitrogens with zero attached hydrogens (tertiary/aromatic N) is 8. The van der Waals surface area contributed by atoms with Gasteiger partial charge in [0.1, 0.15) is 84.3 Å². The van der Waals surface area contributed by atoms with Crippen LogP contribution in [0.15, 0.2) is 102 Å². The molecule has 10 aliphatic heterocycles. The van der Waals surface area contributed by atoms with E-state index in [1.54, 1.807) is 16.7 Å². The predicted octanol–water partition coefficient (Wildman–Crippen LogP) is 11.5. The summed E-state index contributed by atoms with van der Waals surface area (Å²) in [6, 6.07) is 16.6. The van der Waals surface area contributed by atoms with E-state index in [9.17, 15) is 43.2 Å². The first kappa shape index (κ1) is 124. The number of ketones is 1. The molecular formula is C91H156N14O16S8. The van der Waals surface area contributed by atoms with Gasteiger partial charge in [-0.1, -0.05) is 140 Å². The Bertz CT molecular complexity index is 3880. The van der Waals surface area contributed by atoms with Crippen molar-refractivity contribution < 1.29 is 76.3 Å². The summed E-state index contributed by atoms with van der Waals surface area (Å²) in [6.45, 7) is 29.6. The molecule has 15 atom stereocenters. The third-order valence-corrected chi connectivity index (χ3v) is 23.3. The fraction of sp³-hybridized carbons (Fsp3) is 0.681. The van der Waals surface area contributed by atoms with E-state index in [2.05, 4.69) is 171 Å². The van der Waals surface area contributed by atoms with Crippen molar-refractivity contribution in [1.29, 1.82) is 0 Å². The van der Waals surface area contributed by atoms with E-state index in [1.807, 2.05) is 135 Å². The largest absolute Gasteiger partial charge is 0.496 e. The zero-order valence-electron chi connectivity index (χ0n) is 73.2. The number of hydrogen-bond acceptors (Lipinski definition) is 30. The van der Waals surface area contributed by atoms with Crippen LogP contribution in [0.25, 0.3) is 0 Å². The lowest BCUT2D eigenvalue weighted by Crippen LogP contribution is -2.62. The smallest absolute Gasteiger partial charge is 0.249 e. The number of ether oxygens (including phenoxy) is 7. The second kappa shape index (κ2) is 67.2. The van der Waals surface area contributed by atoms with Gasteiger partial charge in [0.15, 0.2) is 11.7 Å². The molecule has 0 radical (unpaired) electrons. The van der Waals surface area contributed by atoms with Gasteiger partial charge in [0.05, 0.1) is 58.2 Å². The fourth-order valence-electron chi connectivity index (χ4n) is 13.9. The van der Waals surface area contributed by atoms with Gasteiger partial charge < -0.3 is 74.9 Å². The maximum atomic E-state index is 12.1. The third kappa shape index (κ3) is 38.9. The number of carbonyl (C=O) groups excluding carboxylic acids is 9. The van der Waals surface area contributed by atoms with Crippen LogP contribution in [0.2, 0.25) is 0 Å². The summed E-state index contributed by atoms with van der Waals surface area (Å²) >= 11 is 30.5. The van der Waals surface area contributed by atoms with E-state index < -0.39 is 24.2 Å². The molecule has 10 heterocycles. The number of fused-ring (bicyclic) bond motifs is 2. The Morgan fingerprint density at radius 1 is 0.403 bits per heavy atom. The first-order valence-electron chi connectivity index (χ1n) is 42.5. The number of thioether (sulfide) groups is 1. The summed E-state index contributed by atoms with van der Waals surface area (Å²) < 4.78 is 38.8. The molecule has 8 amide bonds. The number of hydrogen-bond donors (Lipinski definition) is 13. The van der Waals surface area contributed by atoms with Crippen LogP contribution < -0.4 is 31.9 Å². The molecule has 30 nitrogen and oxygen atoms in total. The number of aliphatic imine (C=N–C) groups is 6. The Balaban J connectivity index is 0. The zero-order valence-corrected chi connectivity index (χ0v) is 80.3. The molecular weight excluding hydrogens is 1800 g/mol. The van der Waals surface area contributed by atoms with Gasteiger partial charge in [0.25, 0.3) is 0 Å². The van der Waals surface area contributed by atoms with Gasteiger partial charge in [-0.3, -0.25) is 43.2 Å². The zero-order chi connectivity index (χ0) is 90.7. The van der Waals surface area contributed by atoms with Gasteiger partial charge in [-0.25, -0.2) is 30.0 Å². The standard InChI is InChI=1S/C16H22N2O2S.C12H14N2O2S.C12H22N2O2S.C11H18N2O2S.C10H17NO2S.C9H15NO2S.C8H12N2O2S.C7H12N2O2S.6CH4/c1-3-19-15-13(10-12-8-6-5-7-9-12)17-16(20-4-2)14(11-21)18-15;15-11-9(6-8-4-2-1-3-5-8)13-12(16)10(7-17)14-11;1-5-15-11-9(7-17)13-12(16-6-2)10(14-11)8(3)4;1-3-15-10-9-5-4-6-13(9)11(14)8(12-10)7-16-2;1-3-12-9-5-6-10(13-4-2)11-8(9)7-14;1-5(2)8-7(11)3-6(4-13)9(12)10-8;11-7-6-2-1-3-10(6)8(12)5(4-13)9-7;1-2-4-6(10)9-5(3-12)7(11)8-4;;;;;;/h5-9,13-14,21H,3-4,10-11H2,1-2H3;1-5,9-10,17H,6-7H2,(H,13,16)(H,14,15);8-10,17H,5-7H2,1-4H3;8-9H,3-7H2,1-2H3;5,8,14H,3-4,6-7H2,1-2H3;5-6,8,13H,3-4H2,1-2H3,(H,10,12);5-6,13H,1-4H2,(H,9,11);4-5,12H,2-3H2,1H3,(H,8,11)(H,9,10);6*1H4/t13-,14+;2*9-,10+;8-,9+;8-;6-,8+;5-,6+;4-,5+;;;;;;/m11000001....../s1. The van der Waals surface area contributed by atoms with E-state index in [4.69, 9.17) is 38.2 Å². The summed E-state index contributed by atoms with van der Waals surface area (Å²) in [5.41, 5.74) is 2.23. The van der Waals surface area contributed by atoms with Gasteiger partial charge in [-0.05, 0) is 116 Å². The second-order valence-electron chi connectivity index (χ2n) is 29.8. The van der Waals surface area contributed by atoms with Crippen molar-refractivity contribution in [2.45, 2.75) is 270 Å². The van der Waals surface area contributed by atoms with Crippen LogP contribution in [-0.2, 0) is 89.2 Å². The molecule has 6 saturated heterocycles. The molecule has 734 valence electrons. The minimum atomic E-state index is -0.516. The minimum Gasteiger partial charge on any atom is -0.496 e. The number of rotatable bonds is 24. The maximum Gasteiger partial charge on any atom is 0.249 e. The van der Waals surface area contributed by atoms with Crippen molar-refractivity contribution in [2.24, 2.45) is 47.7 Å². The average Bonchev–Trinajstić information content (AvgIpc) is 1.68. The first-order chi connectivity index (χ1) is 59.2. The molecule has 0 spiro atoms. The Hall–Kier alpha value is -6.97. The Morgan fingerprint density at radius 2 is 0.822 bits per heavy atom. The normalized spacial score (nSPS) is 24.8. The molecule has 0 aromatic heterocycles. The summed E-state index contributed by atoms with van der Waals surface area (Å²) in [6.07, 6.45) is 10.8. The monoisotopic (exact) mass is 1960 g/mol. The van der Waals surface area contributed by atoms with Gasteiger partial charge >= 0.3 is 0 Å². The van der Waals surface area contributed by atoms with E-state index in [0.29, 0.717) is 135 Å². The number of dihydropyridines is 1. The highest BCUT2D eigenvalue weighted by Crippen LogP contribution is 2.28. The summed E-state index contributed by atoms with van der Waals surface area (Å²) in [7, 11) is 0. The number of nitrogens with one attached hydrogen (secondary N) is 6. The molecule has 38 heteroatoms. The van der Waals surface area contributed by atoms with Crippen molar-refractivity contribution in [3.05, 3.63) is 83.6 Å².